The number of aryl methyl sites for hydroxylation is 2. The van der Waals surface area contributed by atoms with Gasteiger partial charge in [0.1, 0.15) is 0 Å². The van der Waals surface area contributed by atoms with E-state index < -0.39 is 17.7 Å². The van der Waals surface area contributed by atoms with Crippen molar-refractivity contribution in [3.05, 3.63) is 113 Å². The molecular formula is C31H24F3N3O3. The molecule has 0 saturated heterocycles. The molecule has 0 radical (unpaired) electrons. The lowest BCUT2D eigenvalue weighted by molar-refractivity contribution is -0.137. The third kappa shape index (κ3) is 5.26. The zero-order chi connectivity index (χ0) is 28.6. The third-order valence-electron chi connectivity index (χ3n) is 6.40. The number of aromatic hydroxyl groups is 1. The van der Waals surface area contributed by atoms with Gasteiger partial charge in [0.25, 0.3) is 0 Å². The molecule has 0 saturated carbocycles. The maximum Gasteiger partial charge on any atom is 0.416 e. The second-order valence-electron chi connectivity index (χ2n) is 9.43. The fraction of sp³-hybridized carbons (Fsp3) is 0.0968. The maximum atomic E-state index is 13.6. The van der Waals surface area contributed by atoms with Crippen molar-refractivity contribution < 1.29 is 28.2 Å². The summed E-state index contributed by atoms with van der Waals surface area (Å²) in [6.45, 7) is 3.75. The Bertz CT molecular complexity index is 1770. The van der Waals surface area contributed by atoms with Crippen LogP contribution in [0.2, 0.25) is 0 Å². The van der Waals surface area contributed by atoms with E-state index in [1.54, 1.807) is 48.5 Å². The number of nitrogens with one attached hydrogen (secondary N) is 1. The number of hydrogen-bond acceptors (Lipinski definition) is 4. The van der Waals surface area contributed by atoms with Crippen molar-refractivity contribution in [3.8, 4) is 11.6 Å². The van der Waals surface area contributed by atoms with Crippen LogP contribution in [0.5, 0.6) is 5.88 Å². The lowest BCUT2D eigenvalue weighted by atomic mass is 10.1. The summed E-state index contributed by atoms with van der Waals surface area (Å²) in [4.78, 5) is 15.9. The molecule has 202 valence electrons. The summed E-state index contributed by atoms with van der Waals surface area (Å²) in [7, 11) is 0. The molecule has 9 heteroatoms. The molecule has 5 aromatic rings. The highest BCUT2D eigenvalue weighted by Gasteiger charge is 2.31. The van der Waals surface area contributed by atoms with Gasteiger partial charge in [-0.15, -0.1) is 0 Å². The molecule has 0 unspecified atom stereocenters. The molecule has 0 amide bonds. The average molecular weight is 544 g/mol. The number of carboxylic acid groups (broad SMARTS) is 1. The van der Waals surface area contributed by atoms with Gasteiger partial charge in [0.2, 0.25) is 5.88 Å². The van der Waals surface area contributed by atoms with Crippen LogP contribution in [0.3, 0.4) is 0 Å². The molecule has 0 atom stereocenters. The van der Waals surface area contributed by atoms with Crippen LogP contribution >= 0.6 is 0 Å². The molecule has 5 rings (SSSR count). The number of fused-ring (bicyclic) bond motifs is 1. The molecule has 3 N–H and O–H groups in total. The van der Waals surface area contributed by atoms with Gasteiger partial charge in [0.05, 0.1) is 33.6 Å². The number of alkyl halides is 3. The number of hydrogen-bond donors (Lipinski definition) is 3. The highest BCUT2D eigenvalue weighted by Crippen LogP contribution is 2.38. The van der Waals surface area contributed by atoms with Gasteiger partial charge >= 0.3 is 12.1 Å². The number of benzene rings is 4. The lowest BCUT2D eigenvalue weighted by Crippen LogP contribution is -2.05. The Morgan fingerprint density at radius 1 is 0.925 bits per heavy atom. The predicted molar refractivity (Wildman–Crippen MR) is 150 cm³/mol. The first-order valence-electron chi connectivity index (χ1n) is 12.3. The number of aliphatic imine (C=N–C) groups is 1. The predicted octanol–water partition coefficient (Wildman–Crippen LogP) is 8.16. The Morgan fingerprint density at radius 3 is 2.35 bits per heavy atom. The van der Waals surface area contributed by atoms with Gasteiger partial charge in [-0.05, 0) is 79.6 Å². The summed E-state index contributed by atoms with van der Waals surface area (Å²) < 4.78 is 42.2. The van der Waals surface area contributed by atoms with Crippen molar-refractivity contribution in [1.29, 1.82) is 0 Å². The quantitative estimate of drug-likeness (QED) is 0.189. The molecule has 1 aromatic heterocycles. The van der Waals surface area contributed by atoms with Crippen LogP contribution in [0.15, 0.2) is 89.9 Å². The van der Waals surface area contributed by atoms with Gasteiger partial charge in [-0.25, -0.2) is 4.79 Å². The molecule has 40 heavy (non-hydrogen) atoms. The Morgan fingerprint density at radius 2 is 1.65 bits per heavy atom. The van der Waals surface area contributed by atoms with E-state index in [1.165, 1.54) is 29.0 Å². The first-order chi connectivity index (χ1) is 19.0. The van der Waals surface area contributed by atoms with E-state index in [2.05, 4.69) is 10.3 Å². The summed E-state index contributed by atoms with van der Waals surface area (Å²) in [5.74, 6) is -1.30. The monoisotopic (exact) mass is 543 g/mol. The van der Waals surface area contributed by atoms with Crippen LogP contribution in [0, 0.1) is 13.8 Å². The highest BCUT2D eigenvalue weighted by molar-refractivity contribution is 6.04. The van der Waals surface area contributed by atoms with Gasteiger partial charge in [-0.2, -0.15) is 13.2 Å². The minimum absolute atomic E-state index is 0.119. The number of halogens is 3. The molecule has 0 aliphatic carbocycles. The van der Waals surface area contributed by atoms with Crippen LogP contribution in [0.4, 0.5) is 30.2 Å². The molecule has 0 aliphatic heterocycles. The van der Waals surface area contributed by atoms with Crippen molar-refractivity contribution in [1.82, 2.24) is 4.57 Å². The largest absolute Gasteiger partial charge is 0.494 e. The van der Waals surface area contributed by atoms with E-state index in [1.807, 2.05) is 19.9 Å². The van der Waals surface area contributed by atoms with Crippen LogP contribution in [-0.2, 0) is 6.18 Å². The minimum Gasteiger partial charge on any atom is -0.494 e. The van der Waals surface area contributed by atoms with Gasteiger partial charge < -0.3 is 15.5 Å². The lowest BCUT2D eigenvalue weighted by Gasteiger charge is -2.11. The molecule has 0 bridgehead atoms. The van der Waals surface area contributed by atoms with Crippen molar-refractivity contribution in [2.75, 3.05) is 5.32 Å². The number of carbonyl (C=O) groups is 1. The topological polar surface area (TPSA) is 86.9 Å². The molecule has 0 fully saturated rings. The van der Waals surface area contributed by atoms with Crippen LogP contribution in [0.1, 0.15) is 32.6 Å². The standard InChI is InChI=1S/C31H24F3N3O3/c1-18-12-19(2)14-23(13-18)37-28-16-21(31(32,33)34)10-11-24(28)25(29(37)38)17-35-26-8-3-4-9-27(26)36-22-7-5-6-20(15-22)30(39)40/h3-17,36,38H,1-2H3,(H,39,40). The second kappa shape index (κ2) is 10.3. The zero-order valence-corrected chi connectivity index (χ0v) is 21.5. The minimum atomic E-state index is -4.56. The fourth-order valence-electron chi connectivity index (χ4n) is 4.66. The number of para-hydroxylation sites is 2. The van der Waals surface area contributed by atoms with Gasteiger partial charge in [0.15, 0.2) is 0 Å². The van der Waals surface area contributed by atoms with Crippen molar-refractivity contribution in [3.63, 3.8) is 0 Å². The van der Waals surface area contributed by atoms with Gasteiger partial charge in [-0.3, -0.25) is 9.56 Å². The third-order valence-corrected chi connectivity index (χ3v) is 6.40. The number of aromatic carboxylic acids is 1. The Kier molecular flexibility index (Phi) is 6.81. The number of rotatable bonds is 6. The molecule has 1 heterocycles. The molecule has 0 aliphatic rings. The smallest absolute Gasteiger partial charge is 0.416 e. The van der Waals surface area contributed by atoms with Crippen molar-refractivity contribution in [2.45, 2.75) is 20.0 Å². The number of aromatic nitrogens is 1. The average Bonchev–Trinajstić information content (AvgIpc) is 3.17. The van der Waals surface area contributed by atoms with Crippen molar-refractivity contribution in [2.24, 2.45) is 4.99 Å². The van der Waals surface area contributed by atoms with Gasteiger partial charge in [0, 0.05) is 23.0 Å². The Balaban J connectivity index is 1.62. The highest BCUT2D eigenvalue weighted by atomic mass is 19.4. The number of carboxylic acids is 1. The molecule has 6 nitrogen and oxygen atoms in total. The van der Waals surface area contributed by atoms with E-state index in [0.717, 1.165) is 23.3 Å². The van der Waals surface area contributed by atoms with E-state index in [-0.39, 0.29) is 22.5 Å². The summed E-state index contributed by atoms with van der Waals surface area (Å²) in [6, 6.07) is 22.2. The van der Waals surface area contributed by atoms with Crippen LogP contribution in [0.25, 0.3) is 16.6 Å². The number of anilines is 2. The van der Waals surface area contributed by atoms with E-state index in [0.29, 0.717) is 28.1 Å². The summed E-state index contributed by atoms with van der Waals surface area (Å²) >= 11 is 0. The maximum absolute atomic E-state index is 13.6. The molecule has 0 spiro atoms. The van der Waals surface area contributed by atoms with E-state index >= 15 is 0 Å². The van der Waals surface area contributed by atoms with Gasteiger partial charge in [-0.1, -0.05) is 30.3 Å². The SMILES string of the molecule is Cc1cc(C)cc(-n2c(O)c(C=Nc3ccccc3Nc3cccc(C(=O)O)c3)c3ccc(C(F)(F)F)cc32)c1. The Hall–Kier alpha value is -5.05. The second-order valence-corrected chi connectivity index (χ2v) is 9.43. The first kappa shape index (κ1) is 26.6. The van der Waals surface area contributed by atoms with Crippen molar-refractivity contribution >= 4 is 40.1 Å². The summed E-state index contributed by atoms with van der Waals surface area (Å²) in [5, 5.41) is 24.2. The number of nitrogens with zero attached hydrogens (tertiary/aromatic N) is 2. The summed E-state index contributed by atoms with van der Waals surface area (Å²) in [6.07, 6.45) is -3.14. The normalized spacial score (nSPS) is 11.8. The van der Waals surface area contributed by atoms with Crippen LogP contribution < -0.4 is 5.32 Å². The fourth-order valence-corrected chi connectivity index (χ4v) is 4.66. The van der Waals surface area contributed by atoms with E-state index in [4.69, 9.17) is 0 Å². The molecular weight excluding hydrogens is 519 g/mol. The molecule has 4 aromatic carbocycles. The Labute approximate surface area is 227 Å². The summed E-state index contributed by atoms with van der Waals surface area (Å²) in [5.41, 5.74) is 3.63. The van der Waals surface area contributed by atoms with E-state index in [9.17, 15) is 28.2 Å². The zero-order valence-electron chi connectivity index (χ0n) is 21.5. The first-order valence-corrected chi connectivity index (χ1v) is 12.3. The van der Waals surface area contributed by atoms with Crippen LogP contribution in [-0.4, -0.2) is 27.0 Å².